The molecule has 1 aromatic carbocycles. The van der Waals surface area contributed by atoms with Crippen LogP contribution >= 0.6 is 0 Å². The molecule has 4 rings (SSSR count). The van der Waals surface area contributed by atoms with E-state index in [-0.39, 0.29) is 6.03 Å². The van der Waals surface area contributed by atoms with Crippen molar-refractivity contribution in [1.82, 2.24) is 25.3 Å². The molecule has 1 aromatic heterocycles. The third-order valence-corrected chi connectivity index (χ3v) is 6.49. The van der Waals surface area contributed by atoms with Crippen LogP contribution in [0.5, 0.6) is 0 Å². The molecule has 2 aliphatic heterocycles. The number of aromatic nitrogens is 2. The Hall–Kier alpha value is -2.34. The number of rotatable bonds is 5. The van der Waals surface area contributed by atoms with E-state index in [9.17, 15) is 4.79 Å². The Morgan fingerprint density at radius 3 is 2.69 bits per heavy atom. The zero-order valence-electron chi connectivity index (χ0n) is 17.4. The van der Waals surface area contributed by atoms with Gasteiger partial charge in [-0.2, -0.15) is 5.10 Å². The van der Waals surface area contributed by atoms with Gasteiger partial charge < -0.3 is 10.2 Å². The maximum Gasteiger partial charge on any atom is 0.317 e. The molecule has 0 aliphatic carbocycles. The number of carbonyl (C=O) groups excluding carboxylic acids is 1. The molecule has 2 fully saturated rings. The SMILES string of the molecule is CC1CCN(Cc2ccccc2CNC(=O)N2CCCC(c3ccn[nH]3)C2)CC1. The van der Waals surface area contributed by atoms with Crippen molar-refractivity contribution in [1.29, 1.82) is 0 Å². The molecule has 2 N–H and O–H groups in total. The van der Waals surface area contributed by atoms with Gasteiger partial charge in [-0.3, -0.25) is 10.00 Å². The van der Waals surface area contributed by atoms with Gasteiger partial charge in [0.1, 0.15) is 0 Å². The van der Waals surface area contributed by atoms with E-state index in [0.717, 1.165) is 44.1 Å². The normalized spacial score (nSPS) is 21.3. The fourth-order valence-electron chi connectivity index (χ4n) is 4.54. The first-order chi connectivity index (χ1) is 14.2. The summed E-state index contributed by atoms with van der Waals surface area (Å²) in [7, 11) is 0. The van der Waals surface area contributed by atoms with Gasteiger partial charge in [0.2, 0.25) is 0 Å². The van der Waals surface area contributed by atoms with Crippen molar-refractivity contribution >= 4 is 6.03 Å². The van der Waals surface area contributed by atoms with Crippen LogP contribution in [0.1, 0.15) is 55.3 Å². The Labute approximate surface area is 173 Å². The third kappa shape index (κ3) is 5.18. The Morgan fingerprint density at radius 1 is 1.14 bits per heavy atom. The summed E-state index contributed by atoms with van der Waals surface area (Å²) in [4.78, 5) is 17.3. The minimum Gasteiger partial charge on any atom is -0.334 e. The van der Waals surface area contributed by atoms with Crippen LogP contribution in [0.2, 0.25) is 0 Å². The van der Waals surface area contributed by atoms with Crippen molar-refractivity contribution in [3.05, 3.63) is 53.3 Å². The molecule has 6 nitrogen and oxygen atoms in total. The molecule has 2 aliphatic rings. The van der Waals surface area contributed by atoms with Crippen molar-refractivity contribution in [2.75, 3.05) is 26.2 Å². The monoisotopic (exact) mass is 395 g/mol. The number of likely N-dealkylation sites (tertiary alicyclic amines) is 2. The Balaban J connectivity index is 1.32. The highest BCUT2D eigenvalue weighted by Crippen LogP contribution is 2.25. The van der Waals surface area contributed by atoms with Crippen LogP contribution in [-0.4, -0.2) is 52.2 Å². The molecule has 1 atom stereocenters. The Kier molecular flexibility index (Phi) is 6.49. The summed E-state index contributed by atoms with van der Waals surface area (Å²) in [5.74, 6) is 1.20. The van der Waals surface area contributed by atoms with Crippen LogP contribution in [-0.2, 0) is 13.1 Å². The number of H-pyrrole nitrogens is 1. The molecule has 6 heteroatoms. The van der Waals surface area contributed by atoms with E-state index in [2.05, 4.69) is 51.6 Å². The predicted octanol–water partition coefficient (Wildman–Crippen LogP) is 3.73. The smallest absolute Gasteiger partial charge is 0.317 e. The number of amides is 2. The van der Waals surface area contributed by atoms with E-state index in [1.165, 1.54) is 37.1 Å². The van der Waals surface area contributed by atoms with Crippen LogP contribution in [0, 0.1) is 5.92 Å². The van der Waals surface area contributed by atoms with Crippen molar-refractivity contribution < 1.29 is 4.79 Å². The molecule has 2 amide bonds. The second-order valence-electron chi connectivity index (χ2n) is 8.68. The lowest BCUT2D eigenvalue weighted by atomic mass is 9.95. The zero-order valence-corrected chi connectivity index (χ0v) is 17.4. The number of urea groups is 1. The average molecular weight is 396 g/mol. The highest BCUT2D eigenvalue weighted by molar-refractivity contribution is 5.74. The van der Waals surface area contributed by atoms with Gasteiger partial charge in [-0.25, -0.2) is 4.79 Å². The maximum atomic E-state index is 12.8. The van der Waals surface area contributed by atoms with Crippen LogP contribution in [0.3, 0.4) is 0 Å². The lowest BCUT2D eigenvalue weighted by Crippen LogP contribution is -2.44. The summed E-state index contributed by atoms with van der Waals surface area (Å²) in [6.45, 7) is 7.83. The molecule has 29 heavy (non-hydrogen) atoms. The largest absolute Gasteiger partial charge is 0.334 e. The van der Waals surface area contributed by atoms with Gasteiger partial charge >= 0.3 is 6.03 Å². The van der Waals surface area contributed by atoms with Crippen molar-refractivity contribution in [3.8, 4) is 0 Å². The molecule has 3 heterocycles. The van der Waals surface area contributed by atoms with Crippen molar-refractivity contribution in [3.63, 3.8) is 0 Å². The summed E-state index contributed by atoms with van der Waals surface area (Å²) < 4.78 is 0. The van der Waals surface area contributed by atoms with Gasteiger partial charge in [0.25, 0.3) is 0 Å². The second kappa shape index (κ2) is 9.44. The molecular weight excluding hydrogens is 362 g/mol. The minimum absolute atomic E-state index is 0.0378. The van der Waals surface area contributed by atoms with Gasteiger partial charge in [-0.1, -0.05) is 31.2 Å². The van der Waals surface area contributed by atoms with Gasteiger partial charge in [-0.15, -0.1) is 0 Å². The van der Waals surface area contributed by atoms with Gasteiger partial charge in [0.05, 0.1) is 0 Å². The number of hydrogen-bond donors (Lipinski definition) is 2. The minimum atomic E-state index is 0.0378. The lowest BCUT2D eigenvalue weighted by molar-refractivity contribution is 0.178. The topological polar surface area (TPSA) is 64.3 Å². The summed E-state index contributed by atoms with van der Waals surface area (Å²) in [6, 6.07) is 10.6. The van der Waals surface area contributed by atoms with E-state index in [1.54, 1.807) is 6.20 Å². The van der Waals surface area contributed by atoms with Gasteiger partial charge in [-0.05, 0) is 61.9 Å². The van der Waals surface area contributed by atoms with Crippen LogP contribution < -0.4 is 5.32 Å². The predicted molar refractivity (Wildman–Crippen MR) is 114 cm³/mol. The second-order valence-corrected chi connectivity index (χ2v) is 8.68. The molecule has 1 unspecified atom stereocenters. The first-order valence-electron chi connectivity index (χ1n) is 11.0. The molecule has 0 spiro atoms. The average Bonchev–Trinajstić information content (AvgIpc) is 3.30. The summed E-state index contributed by atoms with van der Waals surface area (Å²) in [6.07, 6.45) is 6.48. The quantitative estimate of drug-likeness (QED) is 0.811. The Bertz CT molecular complexity index is 782. The summed E-state index contributed by atoms with van der Waals surface area (Å²) in [5.41, 5.74) is 3.68. The maximum absolute atomic E-state index is 12.8. The lowest BCUT2D eigenvalue weighted by Gasteiger charge is -2.32. The third-order valence-electron chi connectivity index (χ3n) is 6.49. The van der Waals surface area contributed by atoms with E-state index >= 15 is 0 Å². The Morgan fingerprint density at radius 2 is 1.93 bits per heavy atom. The first-order valence-corrected chi connectivity index (χ1v) is 11.0. The number of benzene rings is 1. The number of carbonyl (C=O) groups is 1. The van der Waals surface area contributed by atoms with E-state index in [4.69, 9.17) is 0 Å². The van der Waals surface area contributed by atoms with Crippen LogP contribution in [0.4, 0.5) is 4.79 Å². The number of piperidine rings is 2. The van der Waals surface area contributed by atoms with Gasteiger partial charge in [0, 0.05) is 44.0 Å². The molecule has 2 saturated heterocycles. The van der Waals surface area contributed by atoms with Crippen molar-refractivity contribution in [2.24, 2.45) is 5.92 Å². The molecule has 0 saturated carbocycles. The highest BCUT2D eigenvalue weighted by atomic mass is 16.2. The molecule has 0 bridgehead atoms. The fraction of sp³-hybridized carbons (Fsp3) is 0.565. The van der Waals surface area contributed by atoms with E-state index in [1.807, 2.05) is 11.0 Å². The van der Waals surface area contributed by atoms with E-state index in [0.29, 0.717) is 12.5 Å². The van der Waals surface area contributed by atoms with Gasteiger partial charge in [0.15, 0.2) is 0 Å². The number of nitrogens with zero attached hydrogens (tertiary/aromatic N) is 3. The number of hydrogen-bond acceptors (Lipinski definition) is 3. The molecule has 156 valence electrons. The molecular formula is C23H33N5O. The summed E-state index contributed by atoms with van der Waals surface area (Å²) in [5, 5.41) is 10.3. The molecule has 0 radical (unpaired) electrons. The highest BCUT2D eigenvalue weighted by Gasteiger charge is 2.25. The standard InChI is InChI=1S/C23H33N5O/c1-18-9-13-27(14-10-18)16-20-6-3-2-5-19(20)15-24-23(29)28-12-4-7-21(17-28)22-8-11-25-26-22/h2-3,5-6,8,11,18,21H,4,7,9-10,12-17H2,1H3,(H,24,29)(H,25,26). The van der Waals surface area contributed by atoms with Crippen LogP contribution in [0.15, 0.2) is 36.5 Å². The van der Waals surface area contributed by atoms with Crippen molar-refractivity contribution in [2.45, 2.75) is 51.6 Å². The zero-order chi connectivity index (χ0) is 20.1. The number of nitrogens with one attached hydrogen (secondary N) is 2. The molecule has 2 aromatic rings. The number of aromatic amines is 1. The first kappa shape index (κ1) is 20.0. The van der Waals surface area contributed by atoms with E-state index < -0.39 is 0 Å². The summed E-state index contributed by atoms with van der Waals surface area (Å²) >= 11 is 0. The van der Waals surface area contributed by atoms with Crippen LogP contribution in [0.25, 0.3) is 0 Å². The fourth-order valence-corrected chi connectivity index (χ4v) is 4.54.